The summed E-state index contributed by atoms with van der Waals surface area (Å²) in [6.07, 6.45) is 13.3. The number of ether oxygens (including phenoxy) is 1. The number of carbonyl (C=O) groups excluding carboxylic acids is 1. The van der Waals surface area contributed by atoms with Crippen molar-refractivity contribution in [3.05, 3.63) is 42.0 Å². The summed E-state index contributed by atoms with van der Waals surface area (Å²) in [5.41, 5.74) is 1.58. The van der Waals surface area contributed by atoms with Gasteiger partial charge in [0.1, 0.15) is 11.5 Å². The van der Waals surface area contributed by atoms with Crippen LogP contribution >= 0.6 is 0 Å². The summed E-state index contributed by atoms with van der Waals surface area (Å²) < 4.78 is 5.42. The molecule has 0 aromatic heterocycles. The van der Waals surface area contributed by atoms with Crippen molar-refractivity contribution >= 4 is 5.78 Å². The normalized spacial score (nSPS) is 45.3. The highest BCUT2D eigenvalue weighted by Crippen LogP contribution is 2.79. The van der Waals surface area contributed by atoms with Crippen LogP contribution in [0.4, 0.5) is 0 Å². The molecule has 0 heterocycles. The highest BCUT2D eigenvalue weighted by atomic mass is 16.5. The molecule has 144 valence electrons. The van der Waals surface area contributed by atoms with Crippen LogP contribution in [0.3, 0.4) is 0 Å². The number of ketones is 1. The first-order valence-corrected chi connectivity index (χ1v) is 10.9. The van der Waals surface area contributed by atoms with Crippen molar-refractivity contribution in [3.8, 4) is 5.75 Å². The van der Waals surface area contributed by atoms with Crippen molar-refractivity contribution in [3.63, 3.8) is 0 Å². The quantitative estimate of drug-likeness (QED) is 0.629. The van der Waals surface area contributed by atoms with Gasteiger partial charge >= 0.3 is 0 Å². The van der Waals surface area contributed by atoms with E-state index in [0.717, 1.165) is 12.2 Å². The number of Topliss-reactive ketones (excluding diaryl/α,β-unsaturated/α-hetero) is 1. The standard InChI is InChI=1S/C25H32O2/c1-17-6-11-20-22(21(26)16-17)25(18-7-9-19(27-3)10-8-18)15-14-24(20)13-5-4-12-23(24,25)2/h7-10,14-15,17,20,22H,4-6,11-13,16H2,1-3H3/t17-,20-,22-,23-,24+,25+/m0/s1. The van der Waals surface area contributed by atoms with Gasteiger partial charge in [-0.15, -0.1) is 0 Å². The molecule has 1 aromatic carbocycles. The highest BCUT2D eigenvalue weighted by Gasteiger charge is 2.76. The molecule has 0 saturated heterocycles. The van der Waals surface area contributed by atoms with Crippen molar-refractivity contribution in [2.75, 3.05) is 7.11 Å². The summed E-state index contributed by atoms with van der Waals surface area (Å²) in [4.78, 5) is 13.6. The molecule has 0 radical (unpaired) electrons. The Morgan fingerprint density at radius 2 is 1.78 bits per heavy atom. The lowest BCUT2D eigenvalue weighted by molar-refractivity contribution is -0.126. The van der Waals surface area contributed by atoms with Crippen LogP contribution in [0.15, 0.2) is 36.4 Å². The van der Waals surface area contributed by atoms with Gasteiger partial charge in [-0.05, 0) is 66.0 Å². The zero-order valence-corrected chi connectivity index (χ0v) is 17.0. The summed E-state index contributed by atoms with van der Waals surface area (Å²) in [7, 11) is 1.72. The predicted molar refractivity (Wildman–Crippen MR) is 108 cm³/mol. The summed E-state index contributed by atoms with van der Waals surface area (Å²) in [6, 6.07) is 8.65. The van der Waals surface area contributed by atoms with E-state index >= 15 is 0 Å². The Hall–Kier alpha value is -1.57. The smallest absolute Gasteiger partial charge is 0.137 e. The molecule has 2 bridgehead atoms. The third kappa shape index (κ3) is 1.95. The Labute approximate surface area is 163 Å². The summed E-state index contributed by atoms with van der Waals surface area (Å²) >= 11 is 0. The average molecular weight is 365 g/mol. The molecular weight excluding hydrogens is 332 g/mol. The van der Waals surface area contributed by atoms with Crippen molar-refractivity contribution in [2.45, 2.75) is 64.2 Å². The van der Waals surface area contributed by atoms with Gasteiger partial charge in [-0.25, -0.2) is 0 Å². The fourth-order valence-electron chi connectivity index (χ4n) is 7.91. The molecule has 3 saturated carbocycles. The largest absolute Gasteiger partial charge is 0.497 e. The van der Waals surface area contributed by atoms with Crippen LogP contribution in [0.1, 0.15) is 64.4 Å². The van der Waals surface area contributed by atoms with Gasteiger partial charge in [-0.2, -0.15) is 0 Å². The van der Waals surface area contributed by atoms with E-state index in [2.05, 4.69) is 50.3 Å². The molecule has 6 atom stereocenters. The maximum atomic E-state index is 13.6. The number of hydrogen-bond acceptors (Lipinski definition) is 2. The number of hydrogen-bond donors (Lipinski definition) is 0. The Kier molecular flexibility index (Phi) is 3.71. The first-order valence-electron chi connectivity index (χ1n) is 10.9. The molecule has 5 rings (SSSR count). The molecular formula is C25H32O2. The van der Waals surface area contributed by atoms with Crippen LogP contribution in [0.2, 0.25) is 0 Å². The molecule has 4 aliphatic rings. The lowest BCUT2D eigenvalue weighted by atomic mass is 9.52. The van der Waals surface area contributed by atoms with Gasteiger partial charge in [-0.1, -0.05) is 51.0 Å². The van der Waals surface area contributed by atoms with Crippen LogP contribution in [0.25, 0.3) is 0 Å². The van der Waals surface area contributed by atoms with Crippen LogP contribution < -0.4 is 4.74 Å². The van der Waals surface area contributed by atoms with Gasteiger partial charge in [0.2, 0.25) is 0 Å². The predicted octanol–water partition coefficient (Wildman–Crippen LogP) is 5.70. The molecule has 3 fully saturated rings. The second-order valence-corrected chi connectivity index (χ2v) is 9.95. The Morgan fingerprint density at radius 1 is 1.04 bits per heavy atom. The minimum absolute atomic E-state index is 0.133. The van der Waals surface area contributed by atoms with Gasteiger partial charge in [-0.3, -0.25) is 4.79 Å². The van der Waals surface area contributed by atoms with E-state index in [-0.39, 0.29) is 22.2 Å². The molecule has 0 unspecified atom stereocenters. The van der Waals surface area contributed by atoms with Gasteiger partial charge in [0.05, 0.1) is 7.11 Å². The maximum absolute atomic E-state index is 13.6. The Balaban J connectivity index is 1.73. The Morgan fingerprint density at radius 3 is 2.52 bits per heavy atom. The zero-order chi connectivity index (χ0) is 18.9. The van der Waals surface area contributed by atoms with E-state index in [1.165, 1.54) is 44.1 Å². The maximum Gasteiger partial charge on any atom is 0.137 e. The fourth-order valence-corrected chi connectivity index (χ4v) is 7.91. The number of benzene rings is 1. The van der Waals surface area contributed by atoms with Crippen molar-refractivity contribution < 1.29 is 9.53 Å². The fraction of sp³-hybridized carbons (Fsp3) is 0.640. The van der Waals surface area contributed by atoms with E-state index in [1.54, 1.807) is 7.11 Å². The van der Waals surface area contributed by atoms with Crippen molar-refractivity contribution in [2.24, 2.45) is 28.6 Å². The third-order valence-corrected chi connectivity index (χ3v) is 9.09. The van der Waals surface area contributed by atoms with Gasteiger partial charge < -0.3 is 4.74 Å². The first-order chi connectivity index (χ1) is 13.0. The van der Waals surface area contributed by atoms with E-state index in [0.29, 0.717) is 17.6 Å². The lowest BCUT2D eigenvalue weighted by Crippen LogP contribution is -2.47. The first kappa shape index (κ1) is 17.5. The molecule has 0 spiro atoms. The van der Waals surface area contributed by atoms with Crippen molar-refractivity contribution in [1.82, 2.24) is 0 Å². The second kappa shape index (κ2) is 5.72. The monoisotopic (exact) mass is 364 g/mol. The summed E-state index contributed by atoms with van der Waals surface area (Å²) in [5.74, 6) is 2.63. The molecule has 27 heavy (non-hydrogen) atoms. The molecule has 2 nitrogen and oxygen atoms in total. The number of fused-ring (bicyclic) bond motifs is 2. The third-order valence-electron chi connectivity index (χ3n) is 9.09. The number of allylic oxidation sites excluding steroid dienone is 2. The van der Waals surface area contributed by atoms with E-state index in [4.69, 9.17) is 4.74 Å². The van der Waals surface area contributed by atoms with Crippen LogP contribution in [0.5, 0.6) is 5.75 Å². The van der Waals surface area contributed by atoms with E-state index < -0.39 is 0 Å². The summed E-state index contributed by atoms with van der Waals surface area (Å²) in [5, 5.41) is 0. The number of rotatable bonds is 2. The number of carbonyl (C=O) groups is 1. The van der Waals surface area contributed by atoms with Gasteiger partial charge in [0, 0.05) is 17.8 Å². The number of methoxy groups -OCH3 is 1. The van der Waals surface area contributed by atoms with Gasteiger partial charge in [0.15, 0.2) is 0 Å². The molecule has 0 N–H and O–H groups in total. The van der Waals surface area contributed by atoms with E-state index in [9.17, 15) is 4.79 Å². The van der Waals surface area contributed by atoms with Gasteiger partial charge in [0.25, 0.3) is 0 Å². The van der Waals surface area contributed by atoms with Crippen molar-refractivity contribution in [1.29, 1.82) is 0 Å². The average Bonchev–Trinajstić information content (AvgIpc) is 2.98. The van der Waals surface area contributed by atoms with Crippen LogP contribution in [0, 0.1) is 28.6 Å². The van der Waals surface area contributed by atoms with Crippen LogP contribution in [-0.4, -0.2) is 12.9 Å². The molecule has 2 heteroatoms. The minimum atomic E-state index is -0.133. The second-order valence-electron chi connectivity index (χ2n) is 9.95. The Bertz CT molecular complexity index is 793. The topological polar surface area (TPSA) is 26.3 Å². The molecule has 4 aliphatic carbocycles. The lowest BCUT2D eigenvalue weighted by Gasteiger charge is -2.51. The minimum Gasteiger partial charge on any atom is -0.497 e. The molecule has 1 aromatic rings. The van der Waals surface area contributed by atoms with E-state index in [1.807, 2.05) is 0 Å². The SMILES string of the molecule is COc1ccc([C@@]23C=C[C@]4(CCCC[C@@]42C)[C@H]2CC[C@H](C)CC(=O)[C@H]23)cc1. The molecule has 0 aliphatic heterocycles. The molecule has 0 amide bonds. The summed E-state index contributed by atoms with van der Waals surface area (Å²) in [6.45, 7) is 4.79. The highest BCUT2D eigenvalue weighted by molar-refractivity contribution is 5.86. The zero-order valence-electron chi connectivity index (χ0n) is 17.0. The van der Waals surface area contributed by atoms with Crippen LogP contribution in [-0.2, 0) is 10.2 Å².